The molecule has 0 fully saturated rings. The predicted molar refractivity (Wildman–Crippen MR) is 103 cm³/mol. The summed E-state index contributed by atoms with van der Waals surface area (Å²) < 4.78 is 5.30. The topological polar surface area (TPSA) is 66.3 Å². The molecule has 132 valence electrons. The van der Waals surface area contributed by atoms with Gasteiger partial charge in [-0.1, -0.05) is 19.1 Å². The number of fused-ring (bicyclic) bond motifs is 1. The fourth-order valence-corrected chi connectivity index (χ4v) is 4.17. The van der Waals surface area contributed by atoms with Crippen LogP contribution in [0.1, 0.15) is 23.7 Å². The van der Waals surface area contributed by atoms with Gasteiger partial charge in [-0.25, -0.2) is 0 Å². The maximum Gasteiger partial charge on any atom is 0.263 e. The Balaban J connectivity index is 1.71. The van der Waals surface area contributed by atoms with E-state index in [0.717, 1.165) is 17.0 Å². The first-order valence-electron chi connectivity index (χ1n) is 8.48. The Morgan fingerprint density at radius 3 is 2.81 bits per heavy atom. The molecule has 5 nitrogen and oxygen atoms in total. The smallest absolute Gasteiger partial charge is 0.263 e. The summed E-state index contributed by atoms with van der Waals surface area (Å²) in [6.45, 7) is 2.74. The van der Waals surface area contributed by atoms with Crippen molar-refractivity contribution in [3.8, 4) is 11.5 Å². The Hall–Kier alpha value is -2.73. The Labute approximate surface area is 155 Å². The molecule has 1 aliphatic heterocycles. The summed E-state index contributed by atoms with van der Waals surface area (Å²) in [7, 11) is 0. The van der Waals surface area contributed by atoms with E-state index in [9.17, 15) is 9.59 Å². The molecule has 3 aromatic rings. The van der Waals surface area contributed by atoms with Crippen LogP contribution in [-0.4, -0.2) is 22.7 Å². The highest BCUT2D eigenvalue weighted by atomic mass is 32.2. The third-order valence-electron chi connectivity index (χ3n) is 4.42. The number of anilines is 1. The first-order chi connectivity index (χ1) is 12.6. The molecule has 1 unspecified atom stereocenters. The van der Waals surface area contributed by atoms with Gasteiger partial charge in [-0.2, -0.15) is 0 Å². The minimum atomic E-state index is -0.411. The van der Waals surface area contributed by atoms with Crippen molar-refractivity contribution in [1.82, 2.24) is 4.98 Å². The second kappa shape index (κ2) is 6.88. The molecule has 0 spiro atoms. The molecule has 1 amide bonds. The van der Waals surface area contributed by atoms with Gasteiger partial charge >= 0.3 is 0 Å². The van der Waals surface area contributed by atoms with Crippen LogP contribution < -0.4 is 10.5 Å². The maximum absolute atomic E-state index is 13.1. The summed E-state index contributed by atoms with van der Waals surface area (Å²) in [6.07, 6.45) is 2.41. The van der Waals surface area contributed by atoms with Gasteiger partial charge in [0.05, 0.1) is 17.6 Å². The Kier molecular flexibility index (Phi) is 4.42. The first kappa shape index (κ1) is 16.7. The molecule has 26 heavy (non-hydrogen) atoms. The van der Waals surface area contributed by atoms with Crippen LogP contribution in [0.3, 0.4) is 0 Å². The molecule has 1 aliphatic rings. The standard InChI is InChI=1S/C20H18N2O3S/c1-13-10-11-22(16-5-2-3-7-18(16)26-13)20(24)14-8-9-15(21-19(14)23)17-6-4-12-25-17/h2-9,12-13H,10-11H2,1H3,(H,21,23). The lowest BCUT2D eigenvalue weighted by Crippen LogP contribution is -2.35. The third kappa shape index (κ3) is 3.08. The molecule has 1 N–H and O–H groups in total. The molecule has 1 aromatic carbocycles. The number of furan rings is 1. The van der Waals surface area contributed by atoms with Crippen molar-refractivity contribution < 1.29 is 9.21 Å². The van der Waals surface area contributed by atoms with Gasteiger partial charge in [0.15, 0.2) is 0 Å². The second-order valence-corrected chi connectivity index (χ2v) is 7.71. The number of hydrogen-bond donors (Lipinski definition) is 1. The number of para-hydroxylation sites is 1. The predicted octanol–water partition coefficient (Wildman–Crippen LogP) is 4.17. The van der Waals surface area contributed by atoms with Crippen LogP contribution in [0.2, 0.25) is 0 Å². The molecule has 0 saturated heterocycles. The monoisotopic (exact) mass is 366 g/mol. The van der Waals surface area contributed by atoms with E-state index in [1.165, 1.54) is 0 Å². The lowest BCUT2D eigenvalue weighted by Gasteiger charge is -2.22. The second-order valence-electron chi connectivity index (χ2n) is 6.23. The van der Waals surface area contributed by atoms with Gasteiger partial charge in [0.2, 0.25) is 0 Å². The minimum Gasteiger partial charge on any atom is -0.463 e. The normalized spacial score (nSPS) is 16.8. The van der Waals surface area contributed by atoms with Crippen LogP contribution in [-0.2, 0) is 0 Å². The summed E-state index contributed by atoms with van der Waals surface area (Å²) in [6, 6.07) is 14.6. The van der Waals surface area contributed by atoms with Crippen molar-refractivity contribution in [2.75, 3.05) is 11.4 Å². The molecule has 0 saturated carbocycles. The van der Waals surface area contributed by atoms with E-state index in [0.29, 0.717) is 23.2 Å². The zero-order chi connectivity index (χ0) is 18.1. The van der Waals surface area contributed by atoms with Crippen LogP contribution in [0, 0.1) is 0 Å². The number of thioether (sulfide) groups is 1. The van der Waals surface area contributed by atoms with Gasteiger partial charge in [-0.05, 0) is 42.8 Å². The van der Waals surface area contributed by atoms with Crippen LogP contribution in [0.5, 0.6) is 0 Å². The summed E-state index contributed by atoms with van der Waals surface area (Å²) in [5, 5.41) is 0.411. The SMILES string of the molecule is CC1CCN(C(=O)c2ccc(-c3ccco3)[nH]c2=O)c2ccccc2S1. The number of aromatic nitrogens is 1. The van der Waals surface area contributed by atoms with Crippen molar-refractivity contribution in [2.45, 2.75) is 23.5 Å². The molecule has 2 aromatic heterocycles. The third-order valence-corrected chi connectivity index (χ3v) is 5.65. The lowest BCUT2D eigenvalue weighted by atomic mass is 10.1. The zero-order valence-corrected chi connectivity index (χ0v) is 15.1. The van der Waals surface area contributed by atoms with Crippen LogP contribution in [0.4, 0.5) is 5.69 Å². The summed E-state index contributed by atoms with van der Waals surface area (Å²) in [5.74, 6) is 0.283. The van der Waals surface area contributed by atoms with E-state index < -0.39 is 5.56 Å². The fourth-order valence-electron chi connectivity index (χ4n) is 3.06. The van der Waals surface area contributed by atoms with E-state index in [-0.39, 0.29) is 11.5 Å². The van der Waals surface area contributed by atoms with E-state index >= 15 is 0 Å². The summed E-state index contributed by atoms with van der Waals surface area (Å²) in [4.78, 5) is 31.2. The number of amides is 1. The molecule has 0 aliphatic carbocycles. The highest BCUT2D eigenvalue weighted by Crippen LogP contribution is 2.37. The molecular weight excluding hydrogens is 348 g/mol. The number of pyridine rings is 1. The maximum atomic E-state index is 13.1. The zero-order valence-electron chi connectivity index (χ0n) is 14.3. The van der Waals surface area contributed by atoms with Crippen LogP contribution in [0.15, 0.2) is 68.9 Å². The number of aromatic amines is 1. The average molecular weight is 366 g/mol. The van der Waals surface area contributed by atoms with Gasteiger partial charge < -0.3 is 14.3 Å². The quantitative estimate of drug-likeness (QED) is 0.739. The molecule has 3 heterocycles. The molecule has 6 heteroatoms. The number of nitrogens with one attached hydrogen (secondary N) is 1. The fraction of sp³-hybridized carbons (Fsp3) is 0.200. The highest BCUT2D eigenvalue weighted by molar-refractivity contribution is 8.00. The number of carbonyl (C=O) groups is 1. The molecule has 4 rings (SSSR count). The Morgan fingerprint density at radius 2 is 2.04 bits per heavy atom. The number of nitrogens with zero attached hydrogens (tertiary/aromatic N) is 1. The molecular formula is C20H18N2O3S. The van der Waals surface area contributed by atoms with Crippen molar-refractivity contribution in [1.29, 1.82) is 0 Å². The summed E-state index contributed by atoms with van der Waals surface area (Å²) in [5.41, 5.74) is 1.14. The van der Waals surface area contributed by atoms with E-state index in [2.05, 4.69) is 11.9 Å². The van der Waals surface area contributed by atoms with Gasteiger partial charge in [0.1, 0.15) is 11.3 Å². The molecule has 1 atom stereocenters. The number of rotatable bonds is 2. The van der Waals surface area contributed by atoms with E-state index in [4.69, 9.17) is 4.42 Å². The van der Waals surface area contributed by atoms with Crippen molar-refractivity contribution >= 4 is 23.4 Å². The summed E-state index contributed by atoms with van der Waals surface area (Å²) >= 11 is 1.76. The first-order valence-corrected chi connectivity index (χ1v) is 9.36. The highest BCUT2D eigenvalue weighted by Gasteiger charge is 2.26. The van der Waals surface area contributed by atoms with Crippen LogP contribution in [0.25, 0.3) is 11.5 Å². The minimum absolute atomic E-state index is 0.134. The van der Waals surface area contributed by atoms with Crippen molar-refractivity contribution in [3.05, 3.63) is 70.7 Å². The van der Waals surface area contributed by atoms with Gasteiger partial charge in [0.25, 0.3) is 11.5 Å². The number of H-pyrrole nitrogens is 1. The van der Waals surface area contributed by atoms with Crippen molar-refractivity contribution in [2.24, 2.45) is 0 Å². The van der Waals surface area contributed by atoms with E-state index in [1.54, 1.807) is 47.2 Å². The number of hydrogen-bond acceptors (Lipinski definition) is 4. The van der Waals surface area contributed by atoms with Gasteiger partial charge in [-0.3, -0.25) is 9.59 Å². The Morgan fingerprint density at radius 1 is 1.19 bits per heavy atom. The number of benzene rings is 1. The Bertz CT molecular complexity index is 994. The van der Waals surface area contributed by atoms with Gasteiger partial charge in [-0.15, -0.1) is 11.8 Å². The largest absolute Gasteiger partial charge is 0.463 e. The van der Waals surface area contributed by atoms with Crippen LogP contribution >= 0.6 is 11.8 Å². The number of carbonyl (C=O) groups excluding carboxylic acids is 1. The van der Waals surface area contributed by atoms with Gasteiger partial charge in [0, 0.05) is 16.7 Å². The van der Waals surface area contributed by atoms with E-state index in [1.807, 2.05) is 24.3 Å². The van der Waals surface area contributed by atoms with Crippen molar-refractivity contribution in [3.63, 3.8) is 0 Å². The lowest BCUT2D eigenvalue weighted by molar-refractivity contribution is 0.0985. The average Bonchev–Trinajstić information content (AvgIpc) is 3.12. The molecule has 0 radical (unpaired) electrons. The molecule has 0 bridgehead atoms.